The summed E-state index contributed by atoms with van der Waals surface area (Å²) in [6, 6.07) is 20.8. The Labute approximate surface area is 112 Å². The molecule has 1 fully saturated rings. The van der Waals surface area contributed by atoms with E-state index in [0.29, 0.717) is 12.8 Å². The van der Waals surface area contributed by atoms with Crippen LogP contribution in [0.25, 0.3) is 11.1 Å². The quantitative estimate of drug-likeness (QED) is 0.794. The molecule has 2 aromatic carbocycles. The van der Waals surface area contributed by atoms with Crippen molar-refractivity contribution in [3.05, 3.63) is 60.7 Å². The molecule has 1 N–H and O–H groups in total. The fourth-order valence-electron chi connectivity index (χ4n) is 1.77. The monoisotopic (exact) mass is 253 g/mol. The van der Waals surface area contributed by atoms with Crippen molar-refractivity contribution < 1.29 is 9.59 Å². The summed E-state index contributed by atoms with van der Waals surface area (Å²) in [4.78, 5) is 20.2. The Morgan fingerprint density at radius 1 is 0.632 bits per heavy atom. The topological polar surface area (TPSA) is 46.2 Å². The summed E-state index contributed by atoms with van der Waals surface area (Å²) in [5, 5.41) is 2.14. The maximum absolute atomic E-state index is 10.1. The van der Waals surface area contributed by atoms with Gasteiger partial charge in [-0.2, -0.15) is 0 Å². The largest absolute Gasteiger partial charge is 0.296 e. The molecule has 2 aromatic rings. The van der Waals surface area contributed by atoms with Gasteiger partial charge < -0.3 is 0 Å². The van der Waals surface area contributed by atoms with Crippen LogP contribution in [-0.2, 0) is 9.59 Å². The molecule has 0 aliphatic carbocycles. The average molecular weight is 253 g/mol. The summed E-state index contributed by atoms with van der Waals surface area (Å²) in [5.41, 5.74) is 2.55. The van der Waals surface area contributed by atoms with Gasteiger partial charge in [0.1, 0.15) is 0 Å². The van der Waals surface area contributed by atoms with Crippen LogP contribution in [0.2, 0.25) is 0 Å². The summed E-state index contributed by atoms with van der Waals surface area (Å²) in [6.45, 7) is 0. The predicted molar refractivity (Wildman–Crippen MR) is 74.3 cm³/mol. The molecule has 0 bridgehead atoms. The van der Waals surface area contributed by atoms with Gasteiger partial charge in [0.25, 0.3) is 0 Å². The van der Waals surface area contributed by atoms with Crippen molar-refractivity contribution in [2.45, 2.75) is 12.8 Å². The third-order valence-electron chi connectivity index (χ3n) is 2.74. The first-order valence-electron chi connectivity index (χ1n) is 6.19. The first-order valence-corrected chi connectivity index (χ1v) is 6.19. The van der Waals surface area contributed by atoms with Crippen molar-refractivity contribution in [3.8, 4) is 11.1 Å². The van der Waals surface area contributed by atoms with Crippen LogP contribution in [0, 0.1) is 0 Å². The van der Waals surface area contributed by atoms with Gasteiger partial charge in [-0.05, 0) is 11.1 Å². The van der Waals surface area contributed by atoms with E-state index in [2.05, 4.69) is 53.8 Å². The molecule has 3 nitrogen and oxygen atoms in total. The van der Waals surface area contributed by atoms with E-state index >= 15 is 0 Å². The standard InChI is InChI=1S/C12H10.C4H5NO2/c1-3-7-11(8-4-1)12-9-5-2-6-10-12;6-3-1-2-4(7)5-3/h1-10H;1-2H2,(H,5,6,7). The lowest BCUT2D eigenvalue weighted by molar-refractivity contribution is -0.124. The Hall–Kier alpha value is -2.42. The highest BCUT2D eigenvalue weighted by Crippen LogP contribution is 2.17. The van der Waals surface area contributed by atoms with Crippen LogP contribution < -0.4 is 5.32 Å². The van der Waals surface area contributed by atoms with Crippen LogP contribution in [0.5, 0.6) is 0 Å². The number of nitrogens with one attached hydrogen (secondary N) is 1. The Bertz CT molecular complexity index is 498. The SMILES string of the molecule is O=C1CCC(=O)N1.c1ccc(-c2ccccc2)cc1. The van der Waals surface area contributed by atoms with Crippen LogP contribution >= 0.6 is 0 Å². The van der Waals surface area contributed by atoms with Crippen LogP contribution in [0.15, 0.2) is 60.7 Å². The summed E-state index contributed by atoms with van der Waals surface area (Å²) in [7, 11) is 0. The van der Waals surface area contributed by atoms with Crippen molar-refractivity contribution >= 4 is 11.8 Å². The lowest BCUT2D eigenvalue weighted by Gasteiger charge is -1.98. The average Bonchev–Trinajstić information content (AvgIpc) is 2.85. The van der Waals surface area contributed by atoms with E-state index < -0.39 is 0 Å². The number of rotatable bonds is 1. The van der Waals surface area contributed by atoms with Crippen LogP contribution in [0.4, 0.5) is 0 Å². The molecule has 3 rings (SSSR count). The molecular formula is C16H15NO2. The highest BCUT2D eigenvalue weighted by Gasteiger charge is 2.15. The number of imide groups is 1. The Morgan fingerprint density at radius 2 is 1.00 bits per heavy atom. The Kier molecular flexibility index (Phi) is 4.45. The lowest BCUT2D eigenvalue weighted by Crippen LogP contribution is -2.18. The fourth-order valence-corrected chi connectivity index (χ4v) is 1.77. The number of hydrogen-bond acceptors (Lipinski definition) is 2. The lowest BCUT2D eigenvalue weighted by atomic mass is 10.1. The summed E-state index contributed by atoms with van der Waals surface area (Å²) in [5.74, 6) is -0.296. The number of carbonyl (C=O) groups excluding carboxylic acids is 2. The molecule has 0 saturated carbocycles. The molecule has 0 radical (unpaired) electrons. The van der Waals surface area contributed by atoms with Crippen molar-refractivity contribution in [2.24, 2.45) is 0 Å². The second-order valence-corrected chi connectivity index (χ2v) is 4.20. The van der Waals surface area contributed by atoms with Crippen molar-refractivity contribution in [2.75, 3.05) is 0 Å². The maximum atomic E-state index is 10.1. The second-order valence-electron chi connectivity index (χ2n) is 4.20. The summed E-state index contributed by atoms with van der Waals surface area (Å²) in [6.07, 6.45) is 0.748. The third-order valence-corrected chi connectivity index (χ3v) is 2.74. The predicted octanol–water partition coefficient (Wildman–Crippen LogP) is 2.78. The van der Waals surface area contributed by atoms with E-state index in [-0.39, 0.29) is 11.8 Å². The molecule has 3 heteroatoms. The molecule has 1 heterocycles. The van der Waals surface area contributed by atoms with Gasteiger partial charge in [-0.1, -0.05) is 60.7 Å². The minimum Gasteiger partial charge on any atom is -0.296 e. The second kappa shape index (κ2) is 6.50. The van der Waals surface area contributed by atoms with E-state index in [9.17, 15) is 9.59 Å². The van der Waals surface area contributed by atoms with E-state index in [1.807, 2.05) is 12.1 Å². The zero-order valence-corrected chi connectivity index (χ0v) is 10.5. The molecule has 0 unspecified atom stereocenters. The van der Waals surface area contributed by atoms with Crippen LogP contribution in [-0.4, -0.2) is 11.8 Å². The molecule has 1 aliphatic heterocycles. The van der Waals surface area contributed by atoms with Crippen LogP contribution in [0.3, 0.4) is 0 Å². The van der Waals surface area contributed by atoms with Crippen molar-refractivity contribution in [1.82, 2.24) is 5.32 Å². The third kappa shape index (κ3) is 4.07. The summed E-state index contributed by atoms with van der Waals surface area (Å²) < 4.78 is 0. The van der Waals surface area contributed by atoms with E-state index in [1.54, 1.807) is 0 Å². The number of hydrogen-bond donors (Lipinski definition) is 1. The van der Waals surface area contributed by atoms with Gasteiger partial charge in [0.05, 0.1) is 0 Å². The normalized spacial score (nSPS) is 13.5. The highest BCUT2D eigenvalue weighted by atomic mass is 16.2. The molecule has 1 aliphatic rings. The van der Waals surface area contributed by atoms with Crippen molar-refractivity contribution in [1.29, 1.82) is 0 Å². The minimum atomic E-state index is -0.148. The smallest absolute Gasteiger partial charge is 0.227 e. The fraction of sp³-hybridized carbons (Fsp3) is 0.125. The number of amides is 2. The van der Waals surface area contributed by atoms with E-state index in [1.165, 1.54) is 11.1 Å². The molecule has 0 spiro atoms. The Morgan fingerprint density at radius 3 is 1.26 bits per heavy atom. The first-order chi connectivity index (χ1) is 9.25. The van der Waals surface area contributed by atoms with Gasteiger partial charge in [-0.25, -0.2) is 0 Å². The van der Waals surface area contributed by atoms with Gasteiger partial charge >= 0.3 is 0 Å². The van der Waals surface area contributed by atoms with Gasteiger partial charge in [0.2, 0.25) is 11.8 Å². The van der Waals surface area contributed by atoms with Gasteiger partial charge in [-0.15, -0.1) is 0 Å². The molecule has 0 atom stereocenters. The first kappa shape index (κ1) is 13.0. The molecule has 0 aromatic heterocycles. The minimum absolute atomic E-state index is 0.148. The molecular weight excluding hydrogens is 238 g/mol. The highest BCUT2D eigenvalue weighted by molar-refractivity contribution is 6.01. The zero-order valence-electron chi connectivity index (χ0n) is 10.5. The zero-order chi connectivity index (χ0) is 13.5. The Balaban J connectivity index is 0.000000163. The van der Waals surface area contributed by atoms with Gasteiger partial charge in [0.15, 0.2) is 0 Å². The number of benzene rings is 2. The van der Waals surface area contributed by atoms with Gasteiger partial charge in [0, 0.05) is 12.8 Å². The molecule has 96 valence electrons. The molecule has 2 amide bonds. The molecule has 1 saturated heterocycles. The van der Waals surface area contributed by atoms with Gasteiger partial charge in [-0.3, -0.25) is 14.9 Å². The van der Waals surface area contributed by atoms with E-state index in [4.69, 9.17) is 0 Å². The van der Waals surface area contributed by atoms with Crippen LogP contribution in [0.1, 0.15) is 12.8 Å². The van der Waals surface area contributed by atoms with Crippen molar-refractivity contribution in [3.63, 3.8) is 0 Å². The molecule has 19 heavy (non-hydrogen) atoms. The maximum Gasteiger partial charge on any atom is 0.227 e. The summed E-state index contributed by atoms with van der Waals surface area (Å²) >= 11 is 0. The van der Waals surface area contributed by atoms with E-state index in [0.717, 1.165) is 0 Å². The number of carbonyl (C=O) groups is 2.